The summed E-state index contributed by atoms with van der Waals surface area (Å²) in [5.74, 6) is -0.492. The lowest BCUT2D eigenvalue weighted by Gasteiger charge is -2.32. The van der Waals surface area contributed by atoms with Crippen molar-refractivity contribution >= 4 is 50.7 Å². The molecule has 0 saturated carbocycles. The molecular formula is C27H29Cl2N3O5S. The van der Waals surface area contributed by atoms with Gasteiger partial charge in [0.25, 0.3) is 10.0 Å². The molecule has 0 fully saturated rings. The van der Waals surface area contributed by atoms with Gasteiger partial charge in [0.15, 0.2) is 0 Å². The van der Waals surface area contributed by atoms with E-state index in [0.29, 0.717) is 28.0 Å². The Kier molecular flexibility index (Phi) is 10.0. The van der Waals surface area contributed by atoms with Crippen molar-refractivity contribution in [1.29, 1.82) is 0 Å². The molecule has 38 heavy (non-hydrogen) atoms. The maximum atomic E-state index is 13.8. The molecule has 11 heteroatoms. The normalized spacial score (nSPS) is 11.9. The zero-order valence-corrected chi connectivity index (χ0v) is 23.6. The maximum absolute atomic E-state index is 13.8. The van der Waals surface area contributed by atoms with E-state index in [1.54, 1.807) is 67.6 Å². The average Bonchev–Trinajstić information content (AvgIpc) is 2.91. The monoisotopic (exact) mass is 577 g/mol. The van der Waals surface area contributed by atoms with Crippen LogP contribution >= 0.6 is 23.2 Å². The van der Waals surface area contributed by atoms with E-state index >= 15 is 0 Å². The first-order valence-corrected chi connectivity index (χ1v) is 14.0. The Morgan fingerprint density at radius 3 is 2.11 bits per heavy atom. The van der Waals surface area contributed by atoms with Crippen LogP contribution in [0.25, 0.3) is 0 Å². The highest BCUT2D eigenvalue weighted by Gasteiger charge is 2.32. The van der Waals surface area contributed by atoms with Crippen molar-refractivity contribution in [1.82, 2.24) is 10.2 Å². The van der Waals surface area contributed by atoms with Crippen molar-refractivity contribution in [3.63, 3.8) is 0 Å². The maximum Gasteiger partial charge on any atom is 0.264 e. The van der Waals surface area contributed by atoms with Gasteiger partial charge in [0.1, 0.15) is 18.3 Å². The zero-order valence-electron chi connectivity index (χ0n) is 21.2. The summed E-state index contributed by atoms with van der Waals surface area (Å²) in [6.07, 6.45) is 0. The summed E-state index contributed by atoms with van der Waals surface area (Å²) in [6.45, 7) is 3.16. The average molecular weight is 579 g/mol. The molecule has 202 valence electrons. The zero-order chi connectivity index (χ0) is 27.9. The minimum Gasteiger partial charge on any atom is -0.494 e. The summed E-state index contributed by atoms with van der Waals surface area (Å²) in [6, 6.07) is 18.2. The fraction of sp³-hybridized carbons (Fsp3) is 0.259. The highest BCUT2D eigenvalue weighted by atomic mass is 35.5. The number of halogens is 2. The van der Waals surface area contributed by atoms with Gasteiger partial charge in [0.05, 0.1) is 17.2 Å². The van der Waals surface area contributed by atoms with Crippen LogP contribution in [0.4, 0.5) is 5.69 Å². The molecule has 3 rings (SSSR count). The first-order valence-electron chi connectivity index (χ1n) is 11.8. The smallest absolute Gasteiger partial charge is 0.264 e. The van der Waals surface area contributed by atoms with Crippen LogP contribution < -0.4 is 14.4 Å². The lowest BCUT2D eigenvalue weighted by Crippen LogP contribution is -2.50. The summed E-state index contributed by atoms with van der Waals surface area (Å²) in [7, 11) is -2.70. The molecule has 1 unspecified atom stereocenters. The second kappa shape index (κ2) is 13.0. The van der Waals surface area contributed by atoms with Crippen LogP contribution in [-0.4, -0.2) is 51.4 Å². The summed E-state index contributed by atoms with van der Waals surface area (Å²) in [4.78, 5) is 27.6. The fourth-order valence-corrected chi connectivity index (χ4v) is 5.72. The summed E-state index contributed by atoms with van der Waals surface area (Å²) >= 11 is 12.7. The number of rotatable bonds is 11. The van der Waals surface area contributed by atoms with Gasteiger partial charge in [0, 0.05) is 29.2 Å². The third-order valence-corrected chi connectivity index (χ3v) is 8.35. The van der Waals surface area contributed by atoms with Gasteiger partial charge in [-0.25, -0.2) is 8.42 Å². The van der Waals surface area contributed by atoms with Gasteiger partial charge in [-0.2, -0.15) is 0 Å². The van der Waals surface area contributed by atoms with Gasteiger partial charge in [-0.15, -0.1) is 0 Å². The van der Waals surface area contributed by atoms with E-state index in [1.807, 2.05) is 6.92 Å². The van der Waals surface area contributed by atoms with Crippen molar-refractivity contribution in [3.8, 4) is 5.75 Å². The molecule has 1 N–H and O–H groups in total. The van der Waals surface area contributed by atoms with Crippen LogP contribution in [0.5, 0.6) is 5.75 Å². The Bertz CT molecular complexity index is 1350. The Hall–Kier alpha value is -3.27. The second-order valence-corrected chi connectivity index (χ2v) is 10.9. The number of carbonyl (C=O) groups excluding carboxylic acids is 2. The van der Waals surface area contributed by atoms with Crippen molar-refractivity contribution in [2.75, 3.05) is 24.5 Å². The number of amides is 2. The molecule has 3 aromatic rings. The second-order valence-electron chi connectivity index (χ2n) is 8.26. The fourth-order valence-electron chi connectivity index (χ4n) is 3.77. The van der Waals surface area contributed by atoms with Crippen LogP contribution in [0.2, 0.25) is 10.0 Å². The molecule has 0 radical (unpaired) electrons. The van der Waals surface area contributed by atoms with Crippen molar-refractivity contribution in [3.05, 3.63) is 88.4 Å². The molecule has 8 nitrogen and oxygen atoms in total. The minimum atomic E-state index is -4.16. The van der Waals surface area contributed by atoms with E-state index in [9.17, 15) is 18.0 Å². The van der Waals surface area contributed by atoms with Crippen molar-refractivity contribution in [2.24, 2.45) is 0 Å². The first-order chi connectivity index (χ1) is 18.1. The highest BCUT2D eigenvalue weighted by molar-refractivity contribution is 7.92. The molecule has 0 bridgehead atoms. The molecule has 1 atom stereocenters. The van der Waals surface area contributed by atoms with Gasteiger partial charge in [-0.05, 0) is 62.4 Å². The molecule has 0 spiro atoms. The molecule has 0 aromatic heterocycles. The van der Waals surface area contributed by atoms with Crippen LogP contribution in [0.15, 0.2) is 77.7 Å². The van der Waals surface area contributed by atoms with E-state index in [-0.39, 0.29) is 17.1 Å². The number of likely N-dealkylation sites (N-methyl/N-ethyl adjacent to an activating group) is 1. The van der Waals surface area contributed by atoms with Crippen LogP contribution in [0, 0.1) is 0 Å². The molecule has 0 aliphatic carbocycles. The van der Waals surface area contributed by atoms with E-state index in [1.165, 1.54) is 24.1 Å². The van der Waals surface area contributed by atoms with Gasteiger partial charge >= 0.3 is 0 Å². The Morgan fingerprint density at radius 1 is 0.947 bits per heavy atom. The number of nitrogens with zero attached hydrogens (tertiary/aromatic N) is 2. The highest BCUT2D eigenvalue weighted by Crippen LogP contribution is 2.29. The van der Waals surface area contributed by atoms with Gasteiger partial charge in [0.2, 0.25) is 11.8 Å². The van der Waals surface area contributed by atoms with E-state index in [0.717, 1.165) is 4.31 Å². The first kappa shape index (κ1) is 29.3. The van der Waals surface area contributed by atoms with Crippen molar-refractivity contribution in [2.45, 2.75) is 31.3 Å². The number of ether oxygens (including phenoxy) is 1. The quantitative estimate of drug-likeness (QED) is 0.354. The number of hydrogen-bond acceptors (Lipinski definition) is 5. The predicted octanol–water partition coefficient (Wildman–Crippen LogP) is 4.75. The summed E-state index contributed by atoms with van der Waals surface area (Å²) < 4.78 is 33.9. The van der Waals surface area contributed by atoms with E-state index in [2.05, 4.69) is 5.32 Å². The number of benzene rings is 3. The standard InChI is InChI=1S/C27H29Cl2N3O5S/c1-4-37-21-15-13-20(14-16-21)32(38(35,36)22-9-6-5-7-10-22)18-26(33)31(19(2)27(34)30-3)17-23-24(28)11-8-12-25(23)29/h5-16,19H,4,17-18H2,1-3H3,(H,30,34). The molecule has 0 aliphatic rings. The number of nitrogens with one attached hydrogen (secondary N) is 1. The van der Waals surface area contributed by atoms with Gasteiger partial charge in [-0.3, -0.25) is 13.9 Å². The molecule has 0 aliphatic heterocycles. The molecule has 3 aromatic carbocycles. The Labute approximate surface area is 233 Å². The lowest BCUT2D eigenvalue weighted by atomic mass is 10.1. The Balaban J connectivity index is 2.05. The SMILES string of the molecule is CCOc1ccc(N(CC(=O)N(Cc2c(Cl)cccc2Cl)C(C)C(=O)NC)S(=O)(=O)c2ccccc2)cc1. The van der Waals surface area contributed by atoms with Gasteiger partial charge in [-0.1, -0.05) is 47.5 Å². The predicted molar refractivity (Wildman–Crippen MR) is 149 cm³/mol. The third-order valence-electron chi connectivity index (χ3n) is 5.85. The largest absolute Gasteiger partial charge is 0.494 e. The summed E-state index contributed by atoms with van der Waals surface area (Å²) in [5.41, 5.74) is 0.701. The number of sulfonamides is 1. The van der Waals surface area contributed by atoms with E-state index < -0.39 is 34.4 Å². The molecule has 0 saturated heterocycles. The number of anilines is 1. The van der Waals surface area contributed by atoms with E-state index in [4.69, 9.17) is 27.9 Å². The van der Waals surface area contributed by atoms with Crippen LogP contribution in [0.3, 0.4) is 0 Å². The topological polar surface area (TPSA) is 96.0 Å². The Morgan fingerprint density at radius 2 is 1.55 bits per heavy atom. The number of hydrogen-bond donors (Lipinski definition) is 1. The van der Waals surface area contributed by atoms with Crippen LogP contribution in [-0.2, 0) is 26.2 Å². The lowest BCUT2D eigenvalue weighted by molar-refractivity contribution is -0.139. The minimum absolute atomic E-state index is 0.0155. The van der Waals surface area contributed by atoms with Gasteiger partial charge < -0.3 is 15.0 Å². The van der Waals surface area contributed by atoms with Crippen molar-refractivity contribution < 1.29 is 22.7 Å². The molecular weight excluding hydrogens is 549 g/mol. The third kappa shape index (κ3) is 6.78. The molecule has 2 amide bonds. The molecule has 0 heterocycles. The van der Waals surface area contributed by atoms with Crippen LogP contribution in [0.1, 0.15) is 19.4 Å². The number of carbonyl (C=O) groups is 2. The summed E-state index contributed by atoms with van der Waals surface area (Å²) in [5, 5.41) is 3.17.